The summed E-state index contributed by atoms with van der Waals surface area (Å²) in [7, 11) is 0. The van der Waals surface area contributed by atoms with Crippen molar-refractivity contribution in [3.63, 3.8) is 0 Å². The van der Waals surface area contributed by atoms with Crippen LogP contribution >= 0.6 is 0 Å². The Morgan fingerprint density at radius 2 is 1.49 bits per heavy atom. The van der Waals surface area contributed by atoms with Gasteiger partial charge in [0.1, 0.15) is 49.3 Å². The lowest BCUT2D eigenvalue weighted by Crippen LogP contribution is -2.51. The molecule has 12 nitrogen and oxygen atoms in total. The molecular weight excluding hydrogens is 468 g/mol. The molecule has 0 spiro atoms. The van der Waals surface area contributed by atoms with E-state index in [9.17, 15) is 25.2 Å². The highest BCUT2D eigenvalue weighted by atomic mass is 16.6. The molecule has 0 aromatic rings. The first-order chi connectivity index (χ1) is 16.8. The van der Waals surface area contributed by atoms with Crippen LogP contribution in [0.15, 0.2) is 25.3 Å². The van der Waals surface area contributed by atoms with Crippen molar-refractivity contribution in [2.75, 3.05) is 59.5 Å². The van der Waals surface area contributed by atoms with Gasteiger partial charge in [0.05, 0.1) is 59.0 Å². The van der Waals surface area contributed by atoms with Gasteiger partial charge in [-0.1, -0.05) is 12.7 Å². The lowest BCUT2D eigenvalue weighted by atomic mass is 10.0. The number of aliphatic hydroxyl groups is 4. The fourth-order valence-corrected chi connectivity index (χ4v) is 2.95. The van der Waals surface area contributed by atoms with Crippen LogP contribution in [0, 0.1) is 0 Å². The molecule has 0 radical (unpaired) electrons. The van der Waals surface area contributed by atoms with Crippen LogP contribution in [0.1, 0.15) is 6.42 Å². The molecule has 0 bridgehead atoms. The molecule has 202 valence electrons. The predicted molar refractivity (Wildman–Crippen MR) is 121 cm³/mol. The van der Waals surface area contributed by atoms with Gasteiger partial charge in [0.25, 0.3) is 0 Å². The molecule has 0 saturated carbocycles. The van der Waals surface area contributed by atoms with Crippen molar-refractivity contribution in [1.29, 1.82) is 0 Å². The molecule has 0 aliphatic carbocycles. The second kappa shape index (κ2) is 16.3. The molecule has 8 atom stereocenters. The van der Waals surface area contributed by atoms with E-state index < -0.39 is 42.6 Å². The standard InChI is InChI=1S/C23H38O12/c1-3-5-15(24)6-29-13-19(26)22(28)23(35-12-18-10-32-18)20(33-11-17-9-31-17)14-30-7-16(25)8-34-21(27)4-2/h3-4,15-20,22-26,28H,1-2,5-14H2. The Bertz CT molecular complexity index is 624. The molecule has 0 amide bonds. The number of ether oxygens (including phenoxy) is 7. The molecule has 2 aliphatic rings. The normalized spacial score (nSPS) is 24.0. The van der Waals surface area contributed by atoms with E-state index in [2.05, 4.69) is 13.2 Å². The first-order valence-electron chi connectivity index (χ1n) is 11.6. The van der Waals surface area contributed by atoms with Crippen LogP contribution in [-0.4, -0.2) is 135 Å². The van der Waals surface area contributed by atoms with Gasteiger partial charge in [-0.15, -0.1) is 6.58 Å². The molecule has 2 saturated heterocycles. The van der Waals surface area contributed by atoms with E-state index in [1.165, 1.54) is 0 Å². The second-order valence-corrected chi connectivity index (χ2v) is 8.38. The fourth-order valence-electron chi connectivity index (χ4n) is 2.95. The smallest absolute Gasteiger partial charge is 0.330 e. The Hall–Kier alpha value is -1.45. The Morgan fingerprint density at radius 1 is 0.886 bits per heavy atom. The van der Waals surface area contributed by atoms with E-state index in [0.29, 0.717) is 19.6 Å². The second-order valence-electron chi connectivity index (χ2n) is 8.38. The topological polar surface area (TPSA) is 169 Å². The SMILES string of the molecule is C=CCC(O)COCC(O)C(O)C(OCC1CO1)C(COCC(O)COC(=O)C=C)OCC1CO1. The van der Waals surface area contributed by atoms with Gasteiger partial charge in [-0.25, -0.2) is 4.79 Å². The van der Waals surface area contributed by atoms with Crippen LogP contribution in [0.4, 0.5) is 0 Å². The van der Waals surface area contributed by atoms with Crippen LogP contribution in [-0.2, 0) is 38.0 Å². The van der Waals surface area contributed by atoms with E-state index in [1.54, 1.807) is 6.08 Å². The van der Waals surface area contributed by atoms with Crippen molar-refractivity contribution in [2.24, 2.45) is 0 Å². The number of carbonyl (C=O) groups is 1. The van der Waals surface area contributed by atoms with E-state index >= 15 is 0 Å². The maximum Gasteiger partial charge on any atom is 0.330 e. The number of carbonyl (C=O) groups excluding carboxylic acids is 1. The summed E-state index contributed by atoms with van der Waals surface area (Å²) in [6.07, 6.45) is -3.79. The minimum absolute atomic E-state index is 0.0341. The van der Waals surface area contributed by atoms with E-state index in [-0.39, 0.29) is 58.5 Å². The number of hydrogen-bond acceptors (Lipinski definition) is 12. The van der Waals surface area contributed by atoms with Crippen LogP contribution in [0.25, 0.3) is 0 Å². The summed E-state index contributed by atoms with van der Waals surface area (Å²) in [5.74, 6) is -0.665. The number of epoxide rings is 2. The van der Waals surface area contributed by atoms with Crippen molar-refractivity contribution in [2.45, 2.75) is 55.3 Å². The maximum absolute atomic E-state index is 11.1. The number of hydrogen-bond donors (Lipinski definition) is 4. The lowest BCUT2D eigenvalue weighted by molar-refractivity contribution is -0.177. The number of rotatable bonds is 22. The highest BCUT2D eigenvalue weighted by molar-refractivity contribution is 5.81. The molecule has 2 aliphatic heterocycles. The van der Waals surface area contributed by atoms with E-state index in [0.717, 1.165) is 6.08 Å². The first-order valence-corrected chi connectivity index (χ1v) is 11.6. The third-order valence-corrected chi connectivity index (χ3v) is 5.09. The molecule has 2 fully saturated rings. The minimum atomic E-state index is -1.42. The average Bonchev–Trinajstić information content (AvgIpc) is 3.75. The van der Waals surface area contributed by atoms with Gasteiger partial charge in [-0.2, -0.15) is 0 Å². The Morgan fingerprint density at radius 3 is 2.09 bits per heavy atom. The van der Waals surface area contributed by atoms with Gasteiger partial charge in [0, 0.05) is 6.08 Å². The zero-order chi connectivity index (χ0) is 25.6. The lowest BCUT2D eigenvalue weighted by Gasteiger charge is -2.33. The largest absolute Gasteiger partial charge is 0.460 e. The summed E-state index contributed by atoms with van der Waals surface area (Å²) in [6.45, 7) is 7.46. The van der Waals surface area contributed by atoms with Gasteiger partial charge in [-0.3, -0.25) is 0 Å². The highest BCUT2D eigenvalue weighted by Crippen LogP contribution is 2.20. The maximum atomic E-state index is 11.1. The minimum Gasteiger partial charge on any atom is -0.460 e. The monoisotopic (exact) mass is 506 g/mol. The molecule has 12 heteroatoms. The van der Waals surface area contributed by atoms with Crippen LogP contribution < -0.4 is 0 Å². The van der Waals surface area contributed by atoms with Gasteiger partial charge < -0.3 is 53.6 Å². The molecule has 35 heavy (non-hydrogen) atoms. The zero-order valence-electron chi connectivity index (χ0n) is 19.8. The molecule has 2 rings (SSSR count). The van der Waals surface area contributed by atoms with Gasteiger partial charge in [0.2, 0.25) is 0 Å². The summed E-state index contributed by atoms with van der Waals surface area (Å²) in [5, 5.41) is 41.0. The number of aliphatic hydroxyl groups excluding tert-OH is 4. The first kappa shape index (κ1) is 29.8. The molecule has 4 N–H and O–H groups in total. The van der Waals surface area contributed by atoms with Crippen LogP contribution in [0.3, 0.4) is 0 Å². The Balaban J connectivity index is 1.92. The summed E-state index contributed by atoms with van der Waals surface area (Å²) in [4.78, 5) is 11.1. The quantitative estimate of drug-likeness (QED) is 0.0571. The molecule has 8 unspecified atom stereocenters. The van der Waals surface area contributed by atoms with Crippen molar-refractivity contribution in [3.8, 4) is 0 Å². The van der Waals surface area contributed by atoms with Crippen molar-refractivity contribution >= 4 is 5.97 Å². The highest BCUT2D eigenvalue weighted by Gasteiger charge is 2.38. The molecule has 2 heterocycles. The van der Waals surface area contributed by atoms with Gasteiger partial charge >= 0.3 is 5.97 Å². The summed E-state index contributed by atoms with van der Waals surface area (Å²) in [5.41, 5.74) is 0. The van der Waals surface area contributed by atoms with Gasteiger partial charge in [-0.05, 0) is 6.42 Å². The fraction of sp³-hybridized carbons (Fsp3) is 0.783. The Labute approximate surface area is 205 Å². The summed E-state index contributed by atoms with van der Waals surface area (Å²) >= 11 is 0. The third-order valence-electron chi connectivity index (χ3n) is 5.09. The van der Waals surface area contributed by atoms with E-state index in [4.69, 9.17) is 33.2 Å². The van der Waals surface area contributed by atoms with Crippen molar-refractivity contribution in [3.05, 3.63) is 25.3 Å². The van der Waals surface area contributed by atoms with Gasteiger partial charge in [0.15, 0.2) is 0 Å². The molecule has 0 aromatic carbocycles. The molecular formula is C23H38O12. The third kappa shape index (κ3) is 12.9. The van der Waals surface area contributed by atoms with Crippen LogP contribution in [0.2, 0.25) is 0 Å². The van der Waals surface area contributed by atoms with Crippen LogP contribution in [0.5, 0.6) is 0 Å². The van der Waals surface area contributed by atoms with Crippen molar-refractivity contribution in [1.82, 2.24) is 0 Å². The number of esters is 1. The molecule has 0 aromatic heterocycles. The summed E-state index contributed by atoms with van der Waals surface area (Å²) < 4.78 is 37.7. The Kier molecular flexibility index (Phi) is 13.9. The summed E-state index contributed by atoms with van der Waals surface area (Å²) in [6, 6.07) is 0. The zero-order valence-corrected chi connectivity index (χ0v) is 19.8. The predicted octanol–water partition coefficient (Wildman–Crippen LogP) is -1.66. The average molecular weight is 507 g/mol. The van der Waals surface area contributed by atoms with E-state index in [1.807, 2.05) is 0 Å². The van der Waals surface area contributed by atoms with Crippen molar-refractivity contribution < 1.29 is 58.4 Å².